The Morgan fingerprint density at radius 1 is 0.830 bits per heavy atom. The van der Waals surface area contributed by atoms with Crippen molar-refractivity contribution in [2.45, 2.75) is 117 Å². The monoisotopic (exact) mass is 652 g/mol. The molecule has 0 heterocycles. The van der Waals surface area contributed by atoms with E-state index in [0.29, 0.717) is 18.4 Å². The third kappa shape index (κ3) is 13.5. The van der Waals surface area contributed by atoms with Gasteiger partial charge in [-0.05, 0) is 78.0 Å². The summed E-state index contributed by atoms with van der Waals surface area (Å²) in [6.07, 6.45) is 0.258. The van der Waals surface area contributed by atoms with Crippen LogP contribution in [0.2, 0.25) is 0 Å². The van der Waals surface area contributed by atoms with Crippen LogP contribution in [0.3, 0.4) is 0 Å². The summed E-state index contributed by atoms with van der Waals surface area (Å²) in [7, 11) is 0. The van der Waals surface area contributed by atoms with E-state index in [4.69, 9.17) is 15.2 Å². The molecular weight excluding hydrogens is 600 g/mol. The van der Waals surface area contributed by atoms with Crippen LogP contribution in [-0.4, -0.2) is 64.5 Å². The maximum atomic E-state index is 14.5. The SMILES string of the molecule is CCCCN(C(=O)C(CCC(N)=O)NC(=O)OC(C)(C)C)C(C(=O)NC(Cc1ccccc1)C(=O)OC(C)(C)C)c1ccccc1C. The molecule has 0 saturated carbocycles. The van der Waals surface area contributed by atoms with E-state index in [2.05, 4.69) is 10.6 Å². The second-order valence-corrected chi connectivity index (χ2v) is 13.6. The molecule has 2 aromatic carbocycles. The largest absolute Gasteiger partial charge is 0.458 e. The molecule has 2 aromatic rings. The van der Waals surface area contributed by atoms with Crippen molar-refractivity contribution < 1.29 is 33.4 Å². The summed E-state index contributed by atoms with van der Waals surface area (Å²) in [4.78, 5) is 68.4. The van der Waals surface area contributed by atoms with Gasteiger partial charge >= 0.3 is 12.1 Å². The van der Waals surface area contributed by atoms with E-state index < -0.39 is 59.1 Å². The Kier molecular flexibility index (Phi) is 14.4. The van der Waals surface area contributed by atoms with Gasteiger partial charge in [0.2, 0.25) is 17.7 Å². The van der Waals surface area contributed by atoms with Gasteiger partial charge in [0.1, 0.15) is 29.3 Å². The number of hydrogen-bond donors (Lipinski definition) is 3. The van der Waals surface area contributed by atoms with Gasteiger partial charge < -0.3 is 30.7 Å². The second-order valence-electron chi connectivity index (χ2n) is 13.6. The number of amides is 4. The summed E-state index contributed by atoms with van der Waals surface area (Å²) >= 11 is 0. The van der Waals surface area contributed by atoms with Crippen molar-refractivity contribution in [2.75, 3.05) is 6.54 Å². The van der Waals surface area contributed by atoms with Gasteiger partial charge in [0.05, 0.1) is 0 Å². The van der Waals surface area contributed by atoms with Crippen LogP contribution in [0.4, 0.5) is 4.79 Å². The summed E-state index contributed by atoms with van der Waals surface area (Å²) in [5.41, 5.74) is 5.86. The lowest BCUT2D eigenvalue weighted by Gasteiger charge is -2.36. The number of hydrogen-bond acceptors (Lipinski definition) is 7. The first kappa shape index (κ1) is 38.8. The number of esters is 1. The third-order valence-electron chi connectivity index (χ3n) is 7.04. The Bertz CT molecular complexity index is 1370. The number of nitrogens with two attached hydrogens (primary N) is 1. The fourth-order valence-corrected chi connectivity index (χ4v) is 4.90. The van der Waals surface area contributed by atoms with Crippen LogP contribution in [0.5, 0.6) is 0 Å². The Morgan fingerprint density at radius 2 is 1.43 bits per heavy atom. The second kappa shape index (κ2) is 17.5. The van der Waals surface area contributed by atoms with Crippen molar-refractivity contribution in [2.24, 2.45) is 5.73 Å². The summed E-state index contributed by atoms with van der Waals surface area (Å²) in [6, 6.07) is 12.9. The molecule has 0 radical (unpaired) electrons. The fourth-order valence-electron chi connectivity index (χ4n) is 4.90. The van der Waals surface area contributed by atoms with E-state index in [1.54, 1.807) is 53.7 Å². The van der Waals surface area contributed by atoms with Crippen LogP contribution < -0.4 is 16.4 Å². The molecular formula is C36H52N4O7. The minimum atomic E-state index is -1.22. The zero-order valence-corrected chi connectivity index (χ0v) is 29.1. The van der Waals surface area contributed by atoms with Crippen molar-refractivity contribution in [3.63, 3.8) is 0 Å². The number of rotatable bonds is 15. The molecule has 4 N–H and O–H groups in total. The highest BCUT2D eigenvalue weighted by Crippen LogP contribution is 2.27. The maximum Gasteiger partial charge on any atom is 0.408 e. The molecule has 11 nitrogen and oxygen atoms in total. The van der Waals surface area contributed by atoms with Crippen LogP contribution in [0.15, 0.2) is 54.6 Å². The van der Waals surface area contributed by atoms with Gasteiger partial charge in [-0.2, -0.15) is 0 Å². The van der Waals surface area contributed by atoms with Gasteiger partial charge in [-0.1, -0.05) is 67.9 Å². The molecule has 4 amide bonds. The van der Waals surface area contributed by atoms with E-state index in [0.717, 1.165) is 11.1 Å². The smallest absolute Gasteiger partial charge is 0.408 e. The maximum absolute atomic E-state index is 14.5. The Balaban J connectivity index is 2.62. The lowest BCUT2D eigenvalue weighted by Crippen LogP contribution is -2.55. The van der Waals surface area contributed by atoms with Crippen LogP contribution in [0.25, 0.3) is 0 Å². The van der Waals surface area contributed by atoms with E-state index in [9.17, 15) is 24.0 Å². The van der Waals surface area contributed by atoms with Crippen molar-refractivity contribution in [1.82, 2.24) is 15.5 Å². The molecule has 47 heavy (non-hydrogen) atoms. The Morgan fingerprint density at radius 3 is 1.98 bits per heavy atom. The van der Waals surface area contributed by atoms with Crippen LogP contribution >= 0.6 is 0 Å². The third-order valence-corrected chi connectivity index (χ3v) is 7.04. The van der Waals surface area contributed by atoms with Gasteiger partial charge in [-0.3, -0.25) is 14.4 Å². The molecule has 0 fully saturated rings. The summed E-state index contributed by atoms with van der Waals surface area (Å²) in [5.74, 6) is -2.45. The highest BCUT2D eigenvalue weighted by molar-refractivity contribution is 5.94. The van der Waals surface area contributed by atoms with Crippen molar-refractivity contribution >= 4 is 29.8 Å². The highest BCUT2D eigenvalue weighted by Gasteiger charge is 2.38. The average Bonchev–Trinajstić information content (AvgIpc) is 2.96. The zero-order valence-electron chi connectivity index (χ0n) is 29.1. The van der Waals surface area contributed by atoms with Crippen LogP contribution in [0, 0.1) is 6.92 Å². The van der Waals surface area contributed by atoms with E-state index in [-0.39, 0.29) is 25.8 Å². The summed E-state index contributed by atoms with van der Waals surface area (Å²) in [5, 5.41) is 5.49. The molecule has 0 aliphatic carbocycles. The molecule has 2 rings (SSSR count). The number of aryl methyl sites for hydroxylation is 1. The molecule has 0 spiro atoms. The molecule has 0 bridgehead atoms. The number of nitrogens with zero attached hydrogens (tertiary/aromatic N) is 1. The number of carbonyl (C=O) groups excluding carboxylic acids is 5. The highest BCUT2D eigenvalue weighted by atomic mass is 16.6. The molecule has 0 saturated heterocycles. The first-order valence-electron chi connectivity index (χ1n) is 16.1. The van der Waals surface area contributed by atoms with Gasteiger partial charge in [0.15, 0.2) is 0 Å². The van der Waals surface area contributed by atoms with Crippen LogP contribution in [0.1, 0.15) is 96.9 Å². The van der Waals surface area contributed by atoms with E-state index in [1.165, 1.54) is 4.90 Å². The average molecular weight is 653 g/mol. The van der Waals surface area contributed by atoms with Gasteiger partial charge in [-0.15, -0.1) is 0 Å². The van der Waals surface area contributed by atoms with Crippen LogP contribution in [-0.2, 0) is 35.1 Å². The number of carbonyl (C=O) groups is 5. The zero-order chi connectivity index (χ0) is 35.4. The molecule has 0 aromatic heterocycles. The van der Waals surface area contributed by atoms with Gasteiger partial charge in [0, 0.05) is 19.4 Å². The topological polar surface area (TPSA) is 157 Å². The number of nitrogens with one attached hydrogen (secondary N) is 2. The van der Waals surface area contributed by atoms with Crippen molar-refractivity contribution in [3.8, 4) is 0 Å². The predicted octanol–water partition coefficient (Wildman–Crippen LogP) is 4.89. The normalized spacial score (nSPS) is 13.4. The minimum Gasteiger partial charge on any atom is -0.458 e. The number of unbranched alkanes of at least 4 members (excludes halogenated alkanes) is 1. The molecule has 11 heteroatoms. The Labute approximate surface area is 278 Å². The number of ether oxygens (including phenoxy) is 2. The molecule has 3 unspecified atom stereocenters. The predicted molar refractivity (Wildman–Crippen MR) is 180 cm³/mol. The number of benzene rings is 2. The van der Waals surface area contributed by atoms with Gasteiger partial charge in [0.25, 0.3) is 0 Å². The fraction of sp³-hybridized carbons (Fsp3) is 0.528. The minimum absolute atomic E-state index is 0.104. The first-order chi connectivity index (χ1) is 21.9. The van der Waals surface area contributed by atoms with E-state index >= 15 is 0 Å². The molecule has 3 atom stereocenters. The molecule has 0 aliphatic heterocycles. The quantitative estimate of drug-likeness (QED) is 0.231. The summed E-state index contributed by atoms with van der Waals surface area (Å²) < 4.78 is 11.1. The lowest BCUT2D eigenvalue weighted by atomic mass is 9.96. The first-order valence-corrected chi connectivity index (χ1v) is 16.1. The number of alkyl carbamates (subject to hydrolysis) is 1. The molecule has 0 aliphatic rings. The van der Waals surface area contributed by atoms with Crippen molar-refractivity contribution in [1.29, 1.82) is 0 Å². The number of primary amides is 1. The summed E-state index contributed by atoms with van der Waals surface area (Å²) in [6.45, 7) is 14.2. The van der Waals surface area contributed by atoms with Crippen molar-refractivity contribution in [3.05, 3.63) is 71.3 Å². The van der Waals surface area contributed by atoms with Gasteiger partial charge in [-0.25, -0.2) is 9.59 Å². The molecule has 258 valence electrons. The standard InChI is InChI=1S/C36H52N4O7/c1-9-10-22-40(32(43)27(20-21-29(37)41)39-34(45)47-36(6,7)8)30(26-19-15-14-16-24(26)2)31(42)38-28(33(44)46-35(3,4)5)23-25-17-12-11-13-18-25/h11-19,27-28,30H,9-10,20-23H2,1-8H3,(H2,37,41)(H,38,42)(H,39,45). The van der Waals surface area contributed by atoms with E-state index in [1.807, 2.05) is 56.3 Å². The Hall–Kier alpha value is -4.41. The lowest BCUT2D eigenvalue weighted by molar-refractivity contribution is -0.159.